The van der Waals surface area contributed by atoms with Gasteiger partial charge in [0.2, 0.25) is 0 Å². The van der Waals surface area contributed by atoms with Gasteiger partial charge in [-0.2, -0.15) is 0 Å². The van der Waals surface area contributed by atoms with E-state index >= 15 is 0 Å². The fraction of sp³-hybridized carbons (Fsp3) is 0.364. The Kier molecular flexibility index (Phi) is 6.38. The molecule has 16 heavy (non-hydrogen) atoms. The first-order valence-electron chi connectivity index (χ1n) is 5.13. The number of thiocarbonyl (C=S) groups is 1. The van der Waals surface area contributed by atoms with Crippen LogP contribution in [-0.2, 0) is 0 Å². The molecule has 0 radical (unpaired) electrons. The Morgan fingerprint density at radius 1 is 1.50 bits per heavy atom. The zero-order chi connectivity index (χ0) is 12.0. The second-order valence-corrected chi connectivity index (χ2v) is 5.37. The zero-order valence-corrected chi connectivity index (χ0v) is 12.7. The van der Waals surface area contributed by atoms with Gasteiger partial charge in [-0.1, -0.05) is 24.9 Å². The van der Waals surface area contributed by atoms with E-state index in [0.717, 1.165) is 33.7 Å². The summed E-state index contributed by atoms with van der Waals surface area (Å²) < 4.78 is 1.06. The Bertz CT molecular complexity index is 371. The van der Waals surface area contributed by atoms with Gasteiger partial charge in [0.05, 0.1) is 5.69 Å². The number of hydrogen-bond acceptors (Lipinski definition) is 1. The SMILES string of the molecule is CCCCNC(=S)Nc1ccc(Cl)cc1I. The standard InChI is InChI=1S/C11H14ClIN2S/c1-2-3-6-14-11(16)15-10-5-4-8(12)7-9(10)13/h4-5,7H,2-3,6H2,1H3,(H2,14,15,16). The largest absolute Gasteiger partial charge is 0.362 e. The average Bonchev–Trinajstić information content (AvgIpc) is 2.23. The molecule has 1 aromatic carbocycles. The smallest absolute Gasteiger partial charge is 0.170 e. The van der Waals surface area contributed by atoms with Gasteiger partial charge in [0.15, 0.2) is 5.11 Å². The van der Waals surface area contributed by atoms with E-state index in [0.29, 0.717) is 5.11 Å². The molecule has 88 valence electrons. The molecule has 0 atom stereocenters. The Morgan fingerprint density at radius 2 is 2.25 bits per heavy atom. The fourth-order valence-corrected chi connectivity index (χ4v) is 2.35. The molecule has 2 N–H and O–H groups in total. The molecule has 0 aromatic heterocycles. The molecule has 0 aliphatic rings. The highest BCUT2D eigenvalue weighted by atomic mass is 127. The molecule has 2 nitrogen and oxygen atoms in total. The van der Waals surface area contributed by atoms with Gasteiger partial charge in [-0.3, -0.25) is 0 Å². The van der Waals surface area contributed by atoms with E-state index in [1.165, 1.54) is 0 Å². The number of unbranched alkanes of at least 4 members (excludes halogenated alkanes) is 1. The molecule has 0 aliphatic heterocycles. The Hall–Kier alpha value is -0.0700. The highest BCUT2D eigenvalue weighted by Gasteiger charge is 2.02. The molecule has 5 heteroatoms. The third kappa shape index (κ3) is 4.84. The molecular formula is C11H14ClIN2S. The van der Waals surface area contributed by atoms with Crippen LogP contribution in [0.4, 0.5) is 5.69 Å². The van der Waals surface area contributed by atoms with Gasteiger partial charge >= 0.3 is 0 Å². The molecule has 0 saturated carbocycles. The second-order valence-electron chi connectivity index (χ2n) is 3.36. The summed E-state index contributed by atoms with van der Waals surface area (Å²) in [6, 6.07) is 5.68. The summed E-state index contributed by atoms with van der Waals surface area (Å²) in [5.41, 5.74) is 0.985. The van der Waals surface area contributed by atoms with Gasteiger partial charge in [0, 0.05) is 15.1 Å². The van der Waals surface area contributed by atoms with Crippen LogP contribution in [0, 0.1) is 3.57 Å². The van der Waals surface area contributed by atoms with Crippen molar-refractivity contribution in [2.45, 2.75) is 19.8 Å². The van der Waals surface area contributed by atoms with Crippen molar-refractivity contribution in [3.05, 3.63) is 26.8 Å². The third-order valence-electron chi connectivity index (χ3n) is 2.00. The van der Waals surface area contributed by atoms with Crippen molar-refractivity contribution in [1.29, 1.82) is 0 Å². The Morgan fingerprint density at radius 3 is 2.88 bits per heavy atom. The van der Waals surface area contributed by atoms with Crippen LogP contribution in [0.2, 0.25) is 5.02 Å². The van der Waals surface area contributed by atoms with Gasteiger partial charge in [0.1, 0.15) is 0 Å². The van der Waals surface area contributed by atoms with Gasteiger partial charge in [-0.25, -0.2) is 0 Å². The number of nitrogens with one attached hydrogen (secondary N) is 2. The number of hydrogen-bond donors (Lipinski definition) is 2. The lowest BCUT2D eigenvalue weighted by Crippen LogP contribution is -2.29. The summed E-state index contributed by atoms with van der Waals surface area (Å²) in [4.78, 5) is 0. The number of anilines is 1. The lowest BCUT2D eigenvalue weighted by molar-refractivity contribution is 0.758. The lowest BCUT2D eigenvalue weighted by Gasteiger charge is -2.11. The quantitative estimate of drug-likeness (QED) is 0.477. The Labute approximate surface area is 120 Å². The molecule has 0 saturated heterocycles. The van der Waals surface area contributed by atoms with Crippen molar-refractivity contribution in [3.8, 4) is 0 Å². The molecule has 0 fully saturated rings. The molecule has 0 amide bonds. The normalized spacial score (nSPS) is 9.94. The molecule has 0 spiro atoms. The number of benzene rings is 1. The van der Waals surface area contributed by atoms with E-state index in [-0.39, 0.29) is 0 Å². The van der Waals surface area contributed by atoms with Crippen molar-refractivity contribution in [1.82, 2.24) is 5.32 Å². The Balaban J connectivity index is 2.49. The van der Waals surface area contributed by atoms with Crippen molar-refractivity contribution in [3.63, 3.8) is 0 Å². The summed E-state index contributed by atoms with van der Waals surface area (Å²) in [5.74, 6) is 0. The first kappa shape index (κ1) is 14.0. The summed E-state index contributed by atoms with van der Waals surface area (Å²) in [6.07, 6.45) is 2.29. The average molecular weight is 369 g/mol. The summed E-state index contributed by atoms with van der Waals surface area (Å²) in [7, 11) is 0. The van der Waals surface area contributed by atoms with Crippen LogP contribution in [-0.4, -0.2) is 11.7 Å². The van der Waals surface area contributed by atoms with E-state index < -0.39 is 0 Å². The van der Waals surface area contributed by atoms with E-state index in [2.05, 4.69) is 40.1 Å². The fourth-order valence-electron chi connectivity index (χ4n) is 1.14. The van der Waals surface area contributed by atoms with Crippen LogP contribution >= 0.6 is 46.4 Å². The van der Waals surface area contributed by atoms with E-state index in [1.54, 1.807) is 0 Å². The van der Waals surface area contributed by atoms with Crippen molar-refractivity contribution < 1.29 is 0 Å². The van der Waals surface area contributed by atoms with Gasteiger partial charge < -0.3 is 10.6 Å². The van der Waals surface area contributed by atoms with Crippen LogP contribution in [0.1, 0.15) is 19.8 Å². The topological polar surface area (TPSA) is 24.1 Å². The van der Waals surface area contributed by atoms with Crippen molar-refractivity contribution in [2.24, 2.45) is 0 Å². The lowest BCUT2D eigenvalue weighted by atomic mass is 10.3. The molecule has 0 unspecified atom stereocenters. The molecule has 0 aliphatic carbocycles. The summed E-state index contributed by atoms with van der Waals surface area (Å²) >= 11 is 13.3. The second kappa shape index (κ2) is 7.29. The predicted molar refractivity (Wildman–Crippen MR) is 83.3 cm³/mol. The highest BCUT2D eigenvalue weighted by Crippen LogP contribution is 2.22. The van der Waals surface area contributed by atoms with Crippen molar-refractivity contribution in [2.75, 3.05) is 11.9 Å². The van der Waals surface area contributed by atoms with E-state index in [9.17, 15) is 0 Å². The van der Waals surface area contributed by atoms with Crippen LogP contribution in [0.25, 0.3) is 0 Å². The van der Waals surface area contributed by atoms with Crippen LogP contribution < -0.4 is 10.6 Å². The molecule has 0 heterocycles. The predicted octanol–water partition coefficient (Wildman–Crippen LogP) is 4.03. The summed E-state index contributed by atoms with van der Waals surface area (Å²) in [6.45, 7) is 3.06. The monoisotopic (exact) mass is 368 g/mol. The zero-order valence-electron chi connectivity index (χ0n) is 9.02. The minimum atomic E-state index is 0.661. The highest BCUT2D eigenvalue weighted by molar-refractivity contribution is 14.1. The van der Waals surface area contributed by atoms with Crippen LogP contribution in [0.15, 0.2) is 18.2 Å². The third-order valence-corrected chi connectivity index (χ3v) is 3.37. The first-order chi connectivity index (χ1) is 7.63. The first-order valence-corrected chi connectivity index (χ1v) is 7.00. The van der Waals surface area contributed by atoms with Crippen LogP contribution in [0.3, 0.4) is 0 Å². The van der Waals surface area contributed by atoms with E-state index in [4.69, 9.17) is 23.8 Å². The maximum atomic E-state index is 5.87. The maximum Gasteiger partial charge on any atom is 0.170 e. The minimum Gasteiger partial charge on any atom is -0.362 e. The molecule has 1 aromatic rings. The molecule has 1 rings (SSSR count). The maximum absolute atomic E-state index is 5.87. The molecule has 0 bridgehead atoms. The van der Waals surface area contributed by atoms with Gasteiger partial charge in [-0.05, 0) is 59.4 Å². The van der Waals surface area contributed by atoms with Crippen LogP contribution in [0.5, 0.6) is 0 Å². The number of rotatable bonds is 4. The minimum absolute atomic E-state index is 0.661. The summed E-state index contributed by atoms with van der Waals surface area (Å²) in [5, 5.41) is 7.71. The van der Waals surface area contributed by atoms with Gasteiger partial charge in [0.25, 0.3) is 0 Å². The van der Waals surface area contributed by atoms with E-state index in [1.807, 2.05) is 18.2 Å². The van der Waals surface area contributed by atoms with Gasteiger partial charge in [-0.15, -0.1) is 0 Å². The molecular weight excluding hydrogens is 355 g/mol. The number of halogens is 2. The van der Waals surface area contributed by atoms with Crippen molar-refractivity contribution >= 4 is 57.2 Å².